The molecule has 4 N–H and O–H groups in total. The van der Waals surface area contributed by atoms with Crippen LogP contribution in [-0.2, 0) is 9.59 Å². The Morgan fingerprint density at radius 3 is 2.33 bits per heavy atom. The molecule has 1 aromatic carbocycles. The second kappa shape index (κ2) is 8.34. The molecule has 0 unspecified atom stereocenters. The number of halogens is 4. The number of amides is 2. The van der Waals surface area contributed by atoms with Crippen molar-refractivity contribution in [3.8, 4) is 0 Å². The van der Waals surface area contributed by atoms with E-state index in [4.69, 9.17) is 5.73 Å². The Bertz CT molecular complexity index is 622. The number of hydrogen-bond acceptors (Lipinski definition) is 3. The molecule has 0 aliphatic heterocycles. The van der Waals surface area contributed by atoms with Crippen LogP contribution in [0.1, 0.15) is 32.1 Å². The van der Waals surface area contributed by atoms with Gasteiger partial charge in [0.25, 0.3) is 0 Å². The monoisotopic (exact) mass is 365 g/mol. The van der Waals surface area contributed by atoms with Crippen LogP contribution in [-0.4, -0.2) is 23.9 Å². The molecule has 24 heavy (non-hydrogen) atoms. The lowest BCUT2D eigenvalue weighted by Gasteiger charge is -2.31. The van der Waals surface area contributed by atoms with Crippen LogP contribution in [0.2, 0.25) is 0 Å². The second-order valence-corrected chi connectivity index (χ2v) is 5.67. The van der Waals surface area contributed by atoms with Crippen LogP contribution in [0.3, 0.4) is 0 Å². The van der Waals surface area contributed by atoms with Crippen molar-refractivity contribution >= 4 is 29.9 Å². The Labute approximate surface area is 143 Å². The lowest BCUT2D eigenvalue weighted by molar-refractivity contribution is -0.129. The van der Waals surface area contributed by atoms with Gasteiger partial charge < -0.3 is 16.4 Å². The highest BCUT2D eigenvalue weighted by Crippen LogP contribution is 2.26. The topological polar surface area (TPSA) is 84.2 Å². The molecule has 5 nitrogen and oxygen atoms in total. The first-order valence-electron chi connectivity index (χ1n) is 7.34. The maximum Gasteiger partial charge on any atom is 0.243 e. The van der Waals surface area contributed by atoms with Crippen molar-refractivity contribution in [2.75, 3.05) is 11.9 Å². The molecule has 1 aromatic rings. The molecule has 1 saturated carbocycles. The summed E-state index contributed by atoms with van der Waals surface area (Å²) in [4.78, 5) is 23.7. The van der Waals surface area contributed by atoms with Crippen LogP contribution in [0, 0.1) is 17.5 Å². The van der Waals surface area contributed by atoms with E-state index < -0.39 is 47.0 Å². The minimum absolute atomic E-state index is 0. The highest BCUT2D eigenvalue weighted by Gasteiger charge is 2.35. The van der Waals surface area contributed by atoms with Gasteiger partial charge in [0.1, 0.15) is 0 Å². The Hall–Kier alpha value is -1.80. The van der Waals surface area contributed by atoms with Crippen molar-refractivity contribution in [3.63, 3.8) is 0 Å². The number of anilines is 1. The highest BCUT2D eigenvalue weighted by atomic mass is 35.5. The summed E-state index contributed by atoms with van der Waals surface area (Å²) in [6.07, 6.45) is 3.78. The molecular formula is C15H19ClF3N3O2. The van der Waals surface area contributed by atoms with Crippen molar-refractivity contribution in [2.24, 2.45) is 5.73 Å². The summed E-state index contributed by atoms with van der Waals surface area (Å²) in [6.45, 7) is -0.434. The molecular weight excluding hydrogens is 347 g/mol. The largest absolute Gasteiger partial charge is 0.345 e. The third-order valence-corrected chi connectivity index (χ3v) is 3.92. The van der Waals surface area contributed by atoms with Crippen LogP contribution in [0.15, 0.2) is 12.1 Å². The first kappa shape index (κ1) is 20.2. The Balaban J connectivity index is 0.00000288. The summed E-state index contributed by atoms with van der Waals surface area (Å²) in [6, 6.07) is 1.60. The van der Waals surface area contributed by atoms with Gasteiger partial charge >= 0.3 is 0 Å². The lowest BCUT2D eigenvalue weighted by Crippen LogP contribution is -2.56. The zero-order valence-electron chi connectivity index (χ0n) is 12.8. The summed E-state index contributed by atoms with van der Waals surface area (Å²) in [7, 11) is 0. The summed E-state index contributed by atoms with van der Waals surface area (Å²) in [5.41, 5.74) is 4.52. The van der Waals surface area contributed by atoms with Crippen LogP contribution in [0.5, 0.6) is 0 Å². The first-order chi connectivity index (χ1) is 10.8. The maximum absolute atomic E-state index is 13.4. The van der Waals surface area contributed by atoms with E-state index in [1.165, 1.54) is 0 Å². The van der Waals surface area contributed by atoms with Gasteiger partial charge in [-0.2, -0.15) is 0 Å². The molecule has 2 amide bonds. The van der Waals surface area contributed by atoms with Gasteiger partial charge in [-0.15, -0.1) is 12.4 Å². The summed E-state index contributed by atoms with van der Waals surface area (Å²) >= 11 is 0. The Morgan fingerprint density at radius 1 is 1.08 bits per heavy atom. The molecule has 1 aliphatic carbocycles. The minimum atomic E-state index is -1.67. The van der Waals surface area contributed by atoms with Crippen LogP contribution < -0.4 is 16.4 Å². The SMILES string of the molecule is Cl.NC1(C(=O)NCC(=O)Nc2ccc(F)c(F)c2F)CCCCC1. The maximum atomic E-state index is 13.4. The third-order valence-electron chi connectivity index (χ3n) is 3.92. The minimum Gasteiger partial charge on any atom is -0.345 e. The summed E-state index contributed by atoms with van der Waals surface area (Å²) in [5.74, 6) is -5.72. The van der Waals surface area contributed by atoms with E-state index in [1.807, 2.05) is 0 Å². The number of benzene rings is 1. The zero-order valence-corrected chi connectivity index (χ0v) is 13.6. The molecule has 0 heterocycles. The van der Waals surface area contributed by atoms with Crippen LogP contribution in [0.4, 0.5) is 18.9 Å². The van der Waals surface area contributed by atoms with E-state index in [2.05, 4.69) is 10.6 Å². The van der Waals surface area contributed by atoms with Gasteiger partial charge in [0.2, 0.25) is 11.8 Å². The van der Waals surface area contributed by atoms with Gasteiger partial charge in [-0.05, 0) is 25.0 Å². The molecule has 0 bridgehead atoms. The highest BCUT2D eigenvalue weighted by molar-refractivity contribution is 5.96. The molecule has 0 radical (unpaired) electrons. The van der Waals surface area contributed by atoms with E-state index >= 15 is 0 Å². The average molecular weight is 366 g/mol. The number of nitrogens with two attached hydrogens (primary N) is 1. The third kappa shape index (κ3) is 4.61. The van der Waals surface area contributed by atoms with Crippen molar-refractivity contribution in [1.29, 1.82) is 0 Å². The molecule has 0 aromatic heterocycles. The van der Waals surface area contributed by atoms with Crippen molar-refractivity contribution in [3.05, 3.63) is 29.6 Å². The van der Waals surface area contributed by atoms with Gasteiger partial charge in [0, 0.05) is 0 Å². The lowest BCUT2D eigenvalue weighted by atomic mass is 9.82. The number of rotatable bonds is 4. The molecule has 0 saturated heterocycles. The average Bonchev–Trinajstić information content (AvgIpc) is 2.54. The molecule has 2 rings (SSSR count). The molecule has 1 fully saturated rings. The van der Waals surface area contributed by atoms with E-state index in [9.17, 15) is 22.8 Å². The normalized spacial score (nSPS) is 16.0. The smallest absolute Gasteiger partial charge is 0.243 e. The fraction of sp³-hybridized carbons (Fsp3) is 0.467. The molecule has 9 heteroatoms. The standard InChI is InChI=1S/C15H18F3N3O2.ClH/c16-9-4-5-10(13(18)12(9)17)21-11(22)8-20-14(23)15(19)6-2-1-3-7-15;/h4-5H,1-3,6-8,19H2,(H,20,23)(H,21,22);1H. The summed E-state index contributed by atoms with van der Waals surface area (Å²) < 4.78 is 39.3. The Kier molecular flexibility index (Phi) is 7.04. The predicted molar refractivity (Wildman–Crippen MR) is 85.2 cm³/mol. The zero-order chi connectivity index (χ0) is 17.0. The van der Waals surface area contributed by atoms with E-state index in [1.54, 1.807) is 0 Å². The Morgan fingerprint density at radius 2 is 1.71 bits per heavy atom. The molecule has 0 atom stereocenters. The fourth-order valence-corrected chi connectivity index (χ4v) is 2.56. The molecule has 0 spiro atoms. The number of hydrogen-bond donors (Lipinski definition) is 3. The van der Waals surface area contributed by atoms with Gasteiger partial charge in [0.05, 0.1) is 17.8 Å². The first-order valence-corrected chi connectivity index (χ1v) is 7.34. The van der Waals surface area contributed by atoms with Gasteiger partial charge in [-0.25, -0.2) is 13.2 Å². The van der Waals surface area contributed by atoms with Crippen LogP contribution >= 0.6 is 12.4 Å². The van der Waals surface area contributed by atoms with E-state index in [0.29, 0.717) is 18.9 Å². The van der Waals surface area contributed by atoms with Crippen LogP contribution in [0.25, 0.3) is 0 Å². The van der Waals surface area contributed by atoms with E-state index in [-0.39, 0.29) is 12.4 Å². The number of carbonyl (C=O) groups excluding carboxylic acids is 2. The van der Waals surface area contributed by atoms with Crippen molar-refractivity contribution < 1.29 is 22.8 Å². The molecule has 1 aliphatic rings. The summed E-state index contributed by atoms with van der Waals surface area (Å²) in [5, 5.41) is 4.47. The van der Waals surface area contributed by atoms with Crippen molar-refractivity contribution in [1.82, 2.24) is 5.32 Å². The second-order valence-electron chi connectivity index (χ2n) is 5.67. The van der Waals surface area contributed by atoms with Gasteiger partial charge in [-0.3, -0.25) is 9.59 Å². The van der Waals surface area contributed by atoms with Crippen molar-refractivity contribution in [2.45, 2.75) is 37.6 Å². The van der Waals surface area contributed by atoms with E-state index in [0.717, 1.165) is 25.3 Å². The number of carbonyl (C=O) groups is 2. The number of nitrogens with one attached hydrogen (secondary N) is 2. The predicted octanol–water partition coefficient (Wildman–Crippen LogP) is 2.24. The quantitative estimate of drug-likeness (QED) is 0.715. The van der Waals surface area contributed by atoms with Gasteiger partial charge in [0.15, 0.2) is 17.5 Å². The molecule has 134 valence electrons. The van der Waals surface area contributed by atoms with Gasteiger partial charge in [-0.1, -0.05) is 19.3 Å². The fourth-order valence-electron chi connectivity index (χ4n) is 2.56.